The van der Waals surface area contributed by atoms with E-state index in [1.165, 1.54) is 6.33 Å². The summed E-state index contributed by atoms with van der Waals surface area (Å²) in [5.41, 5.74) is 3.36. The van der Waals surface area contributed by atoms with Crippen LogP contribution in [0.15, 0.2) is 36.7 Å². The monoisotopic (exact) mass is 412 g/mol. The molecule has 0 saturated heterocycles. The number of hydrogen-bond acceptors (Lipinski definition) is 5. The number of carbonyl (C=O) groups is 2. The molecule has 0 unspecified atom stereocenters. The number of nitrogens with zero attached hydrogens (tertiary/aromatic N) is 2. The Balaban J connectivity index is 1.83. The summed E-state index contributed by atoms with van der Waals surface area (Å²) >= 11 is 0. The van der Waals surface area contributed by atoms with E-state index >= 15 is 4.39 Å². The Kier molecular flexibility index (Phi) is 6.95. The van der Waals surface area contributed by atoms with Crippen LogP contribution in [-0.4, -0.2) is 41.1 Å². The van der Waals surface area contributed by atoms with Crippen molar-refractivity contribution in [1.29, 1.82) is 0 Å². The van der Waals surface area contributed by atoms with Crippen molar-refractivity contribution in [2.75, 3.05) is 19.8 Å². The van der Waals surface area contributed by atoms with Gasteiger partial charge in [-0.25, -0.2) is 9.37 Å². The van der Waals surface area contributed by atoms with E-state index in [4.69, 9.17) is 9.47 Å². The SMILES string of the molecule is CCC(=O)OCCOCC(=O)c1cc2c(ncn2C)c(F)c1Cc1ccc(C)cc1. The minimum Gasteiger partial charge on any atom is -0.463 e. The van der Waals surface area contributed by atoms with Gasteiger partial charge in [0, 0.05) is 31.0 Å². The highest BCUT2D eigenvalue weighted by atomic mass is 19.1. The third-order valence-corrected chi connectivity index (χ3v) is 4.88. The minimum absolute atomic E-state index is 0.0747. The molecule has 2 aromatic carbocycles. The number of aryl methyl sites for hydroxylation is 2. The average Bonchev–Trinajstić information content (AvgIpc) is 3.11. The van der Waals surface area contributed by atoms with Crippen LogP contribution in [0.1, 0.15) is 40.4 Å². The lowest BCUT2D eigenvalue weighted by Crippen LogP contribution is -2.16. The Morgan fingerprint density at radius 1 is 1.17 bits per heavy atom. The predicted molar refractivity (Wildman–Crippen MR) is 111 cm³/mol. The molecule has 158 valence electrons. The number of fused-ring (bicyclic) bond motifs is 1. The van der Waals surface area contributed by atoms with E-state index in [2.05, 4.69) is 4.98 Å². The summed E-state index contributed by atoms with van der Waals surface area (Å²) in [5, 5.41) is 0. The Morgan fingerprint density at radius 2 is 1.90 bits per heavy atom. The third kappa shape index (κ3) is 4.91. The fourth-order valence-corrected chi connectivity index (χ4v) is 3.15. The van der Waals surface area contributed by atoms with Gasteiger partial charge in [-0.2, -0.15) is 0 Å². The highest BCUT2D eigenvalue weighted by Gasteiger charge is 2.21. The van der Waals surface area contributed by atoms with Crippen molar-refractivity contribution < 1.29 is 23.5 Å². The molecule has 3 rings (SSSR count). The maximum atomic E-state index is 15.3. The number of benzene rings is 2. The van der Waals surface area contributed by atoms with Crippen molar-refractivity contribution in [2.45, 2.75) is 26.7 Å². The van der Waals surface area contributed by atoms with Crippen LogP contribution in [-0.2, 0) is 27.7 Å². The van der Waals surface area contributed by atoms with Gasteiger partial charge in [-0.05, 0) is 18.6 Å². The molecule has 3 aromatic rings. The van der Waals surface area contributed by atoms with Crippen molar-refractivity contribution in [3.63, 3.8) is 0 Å². The van der Waals surface area contributed by atoms with Gasteiger partial charge in [0.2, 0.25) is 0 Å². The first kappa shape index (κ1) is 21.6. The van der Waals surface area contributed by atoms with Gasteiger partial charge < -0.3 is 14.0 Å². The van der Waals surface area contributed by atoms with Gasteiger partial charge in [0.25, 0.3) is 0 Å². The van der Waals surface area contributed by atoms with E-state index in [9.17, 15) is 9.59 Å². The van der Waals surface area contributed by atoms with E-state index in [1.54, 1.807) is 24.6 Å². The largest absolute Gasteiger partial charge is 0.463 e. The summed E-state index contributed by atoms with van der Waals surface area (Å²) in [6.07, 6.45) is 2.08. The fraction of sp³-hybridized carbons (Fsp3) is 0.348. The molecule has 0 fully saturated rings. The molecule has 7 heteroatoms. The highest BCUT2D eigenvalue weighted by molar-refractivity contribution is 6.01. The number of esters is 1. The first-order chi connectivity index (χ1) is 14.4. The van der Waals surface area contributed by atoms with Gasteiger partial charge in [0.15, 0.2) is 11.6 Å². The van der Waals surface area contributed by atoms with Gasteiger partial charge >= 0.3 is 5.97 Å². The molecular formula is C23H25FN2O4. The lowest BCUT2D eigenvalue weighted by molar-refractivity contribution is -0.144. The molecule has 0 aliphatic heterocycles. The Labute approximate surface area is 174 Å². The second-order valence-corrected chi connectivity index (χ2v) is 7.15. The summed E-state index contributed by atoms with van der Waals surface area (Å²) in [5.74, 6) is -1.15. The lowest BCUT2D eigenvalue weighted by atomic mass is 9.95. The Morgan fingerprint density at radius 3 is 2.60 bits per heavy atom. The maximum Gasteiger partial charge on any atom is 0.305 e. The summed E-state index contributed by atoms with van der Waals surface area (Å²) < 4.78 is 27.3. The molecule has 1 aromatic heterocycles. The summed E-state index contributed by atoms with van der Waals surface area (Å²) in [6, 6.07) is 9.41. The van der Waals surface area contributed by atoms with E-state index < -0.39 is 5.82 Å². The van der Waals surface area contributed by atoms with Crippen LogP contribution in [0.2, 0.25) is 0 Å². The third-order valence-electron chi connectivity index (χ3n) is 4.88. The van der Waals surface area contributed by atoms with Crippen LogP contribution < -0.4 is 0 Å². The molecule has 0 atom stereocenters. The molecule has 1 heterocycles. The number of ether oxygens (including phenoxy) is 2. The van der Waals surface area contributed by atoms with Crippen molar-refractivity contribution in [3.8, 4) is 0 Å². The fourth-order valence-electron chi connectivity index (χ4n) is 3.15. The first-order valence-corrected chi connectivity index (χ1v) is 9.85. The van der Waals surface area contributed by atoms with Gasteiger partial charge in [-0.1, -0.05) is 36.8 Å². The Hall–Kier alpha value is -3.06. The number of ketones is 1. The zero-order chi connectivity index (χ0) is 21.7. The standard InChI is InChI=1S/C23H25FN2O4/c1-4-21(28)30-10-9-29-13-20(27)17-12-19-23(25-14-26(19)3)22(24)18(17)11-16-7-5-15(2)6-8-16/h5-8,12,14H,4,9-11,13H2,1-3H3. The van der Waals surface area contributed by atoms with Crippen LogP contribution in [0.25, 0.3) is 11.0 Å². The van der Waals surface area contributed by atoms with Crippen LogP contribution in [0.4, 0.5) is 4.39 Å². The number of rotatable bonds is 9. The van der Waals surface area contributed by atoms with E-state index in [0.29, 0.717) is 11.1 Å². The maximum absolute atomic E-state index is 15.3. The topological polar surface area (TPSA) is 70.4 Å². The number of halogens is 1. The zero-order valence-corrected chi connectivity index (χ0v) is 17.4. The molecule has 0 spiro atoms. The summed E-state index contributed by atoms with van der Waals surface area (Å²) in [7, 11) is 1.75. The van der Waals surface area contributed by atoms with Crippen LogP contribution in [0, 0.1) is 12.7 Å². The number of carbonyl (C=O) groups excluding carboxylic acids is 2. The molecule has 0 N–H and O–H groups in total. The normalized spacial score (nSPS) is 11.1. The predicted octanol–water partition coefficient (Wildman–Crippen LogP) is 3.76. The molecule has 0 bridgehead atoms. The zero-order valence-electron chi connectivity index (χ0n) is 17.4. The van der Waals surface area contributed by atoms with E-state index in [0.717, 1.165) is 11.1 Å². The van der Waals surface area contributed by atoms with Crippen LogP contribution >= 0.6 is 0 Å². The smallest absolute Gasteiger partial charge is 0.305 e. The molecule has 6 nitrogen and oxygen atoms in total. The first-order valence-electron chi connectivity index (χ1n) is 9.85. The minimum atomic E-state index is -0.492. The van der Waals surface area contributed by atoms with Gasteiger partial charge in [0.05, 0.1) is 18.5 Å². The molecule has 30 heavy (non-hydrogen) atoms. The average molecular weight is 412 g/mol. The van der Waals surface area contributed by atoms with Gasteiger partial charge in [-0.3, -0.25) is 9.59 Å². The van der Waals surface area contributed by atoms with Crippen molar-refractivity contribution in [3.05, 3.63) is 64.7 Å². The molecular weight excluding hydrogens is 387 g/mol. The van der Waals surface area contributed by atoms with Gasteiger partial charge in [-0.15, -0.1) is 0 Å². The Bertz CT molecular complexity index is 1060. The van der Waals surface area contributed by atoms with Crippen LogP contribution in [0.5, 0.6) is 0 Å². The lowest BCUT2D eigenvalue weighted by Gasteiger charge is -2.12. The van der Waals surface area contributed by atoms with Crippen molar-refractivity contribution in [1.82, 2.24) is 9.55 Å². The van der Waals surface area contributed by atoms with Crippen molar-refractivity contribution in [2.24, 2.45) is 7.05 Å². The van der Waals surface area contributed by atoms with E-state index in [-0.39, 0.29) is 55.5 Å². The second-order valence-electron chi connectivity index (χ2n) is 7.15. The molecule has 0 radical (unpaired) electrons. The number of Topliss-reactive ketones (excluding diaryl/α,β-unsaturated/α-hetero) is 1. The highest BCUT2D eigenvalue weighted by Crippen LogP contribution is 2.26. The second kappa shape index (κ2) is 9.63. The molecule has 0 saturated carbocycles. The van der Waals surface area contributed by atoms with Crippen LogP contribution in [0.3, 0.4) is 0 Å². The number of hydrogen-bond donors (Lipinski definition) is 0. The summed E-state index contributed by atoms with van der Waals surface area (Å²) in [6.45, 7) is 3.62. The van der Waals surface area contributed by atoms with Gasteiger partial charge in [0.1, 0.15) is 18.7 Å². The molecule has 0 aliphatic rings. The summed E-state index contributed by atoms with van der Waals surface area (Å²) in [4.78, 5) is 28.1. The quantitative estimate of drug-likeness (QED) is 0.304. The van der Waals surface area contributed by atoms with E-state index in [1.807, 2.05) is 31.2 Å². The molecule has 0 amide bonds. The number of aromatic nitrogens is 2. The number of imidazole rings is 1. The molecule has 0 aliphatic carbocycles. The van der Waals surface area contributed by atoms with Crippen molar-refractivity contribution >= 4 is 22.8 Å².